The van der Waals surface area contributed by atoms with E-state index < -0.39 is 0 Å². The summed E-state index contributed by atoms with van der Waals surface area (Å²) in [6.07, 6.45) is 3.20. The zero-order valence-electron chi connectivity index (χ0n) is 15.7. The van der Waals surface area contributed by atoms with Crippen molar-refractivity contribution in [3.8, 4) is 0 Å². The fraction of sp³-hybridized carbons (Fsp3) is 0.190. The van der Waals surface area contributed by atoms with Crippen LogP contribution in [-0.4, -0.2) is 20.7 Å². The molecule has 0 aliphatic carbocycles. The number of hydrogen-bond donors (Lipinski definition) is 2. The standard InChI is InChI=1S/C21H19Cl2N5O/c1-2-5-19(29)25-20-26-21-24-17(13-8-10-14(22)11-9-13)12-18(28(21)27-20)15-6-3-4-7-16(15)23/h3-4,6-12,18H,2,5H2,1H3,(H2,24,25,26,27,29)/t18-/m0/s1. The van der Waals surface area contributed by atoms with Gasteiger partial charge in [0.25, 0.3) is 5.95 Å². The SMILES string of the molecule is CCCC(=O)Nc1nc2n(n1)[C@H](c1ccccc1Cl)C=C(c1ccc(Cl)cc1)N2. The van der Waals surface area contributed by atoms with Crippen LogP contribution in [0.1, 0.15) is 36.9 Å². The average molecular weight is 428 g/mol. The van der Waals surface area contributed by atoms with Gasteiger partial charge in [-0.05, 0) is 41.8 Å². The first-order chi connectivity index (χ1) is 14.0. The van der Waals surface area contributed by atoms with Gasteiger partial charge in [-0.3, -0.25) is 10.1 Å². The highest BCUT2D eigenvalue weighted by Crippen LogP contribution is 2.36. The van der Waals surface area contributed by atoms with Gasteiger partial charge in [0.1, 0.15) is 6.04 Å². The molecule has 0 saturated carbocycles. The van der Waals surface area contributed by atoms with Crippen molar-refractivity contribution < 1.29 is 4.79 Å². The molecule has 0 radical (unpaired) electrons. The number of nitrogens with one attached hydrogen (secondary N) is 2. The van der Waals surface area contributed by atoms with Crippen LogP contribution in [0.15, 0.2) is 54.6 Å². The number of carbonyl (C=O) groups excluding carboxylic acids is 1. The van der Waals surface area contributed by atoms with Crippen LogP contribution in [0.2, 0.25) is 10.0 Å². The molecule has 1 atom stereocenters. The van der Waals surface area contributed by atoms with Crippen molar-refractivity contribution in [2.45, 2.75) is 25.8 Å². The third-order valence-electron chi connectivity index (χ3n) is 4.57. The maximum Gasteiger partial charge on any atom is 0.250 e. The molecule has 6 nitrogen and oxygen atoms in total. The number of anilines is 2. The van der Waals surface area contributed by atoms with Crippen molar-refractivity contribution in [3.63, 3.8) is 0 Å². The fourth-order valence-corrected chi connectivity index (χ4v) is 3.57. The monoisotopic (exact) mass is 427 g/mol. The molecule has 2 N–H and O–H groups in total. The van der Waals surface area contributed by atoms with E-state index in [2.05, 4.69) is 20.7 Å². The van der Waals surface area contributed by atoms with Crippen LogP contribution in [0.4, 0.5) is 11.9 Å². The summed E-state index contributed by atoms with van der Waals surface area (Å²) in [7, 11) is 0. The lowest BCUT2D eigenvalue weighted by Crippen LogP contribution is -2.20. The zero-order chi connectivity index (χ0) is 20.4. The van der Waals surface area contributed by atoms with Crippen molar-refractivity contribution in [1.82, 2.24) is 14.8 Å². The molecule has 0 fully saturated rings. The number of amides is 1. The van der Waals surface area contributed by atoms with E-state index in [1.807, 2.05) is 61.5 Å². The van der Waals surface area contributed by atoms with E-state index in [4.69, 9.17) is 23.2 Å². The Hall–Kier alpha value is -2.83. The van der Waals surface area contributed by atoms with Gasteiger partial charge in [-0.15, -0.1) is 5.10 Å². The van der Waals surface area contributed by atoms with Crippen LogP contribution in [-0.2, 0) is 4.79 Å². The molecule has 2 aromatic carbocycles. The zero-order valence-corrected chi connectivity index (χ0v) is 17.2. The number of carbonyl (C=O) groups is 1. The van der Waals surface area contributed by atoms with Crippen LogP contribution in [0, 0.1) is 0 Å². The van der Waals surface area contributed by atoms with Gasteiger partial charge in [0.15, 0.2) is 0 Å². The summed E-state index contributed by atoms with van der Waals surface area (Å²) in [5.41, 5.74) is 2.70. The number of aromatic nitrogens is 3. The first kappa shape index (κ1) is 19.5. The summed E-state index contributed by atoms with van der Waals surface area (Å²) in [5.74, 6) is 0.665. The quantitative estimate of drug-likeness (QED) is 0.573. The van der Waals surface area contributed by atoms with Gasteiger partial charge in [-0.2, -0.15) is 4.98 Å². The predicted molar refractivity (Wildman–Crippen MR) is 116 cm³/mol. The molecule has 1 amide bonds. The van der Waals surface area contributed by atoms with E-state index in [0.29, 0.717) is 22.4 Å². The Bertz CT molecular complexity index is 1070. The second kappa shape index (κ2) is 8.27. The minimum Gasteiger partial charge on any atom is -0.324 e. The molecule has 3 aromatic rings. The lowest BCUT2D eigenvalue weighted by atomic mass is 10.0. The van der Waals surface area contributed by atoms with E-state index in [0.717, 1.165) is 23.2 Å². The van der Waals surface area contributed by atoms with E-state index in [-0.39, 0.29) is 17.9 Å². The fourth-order valence-electron chi connectivity index (χ4n) is 3.19. The molecule has 0 saturated heterocycles. The van der Waals surface area contributed by atoms with Gasteiger partial charge in [0, 0.05) is 22.2 Å². The number of fused-ring (bicyclic) bond motifs is 1. The molecule has 148 valence electrons. The van der Waals surface area contributed by atoms with Crippen LogP contribution in [0.25, 0.3) is 5.70 Å². The van der Waals surface area contributed by atoms with Gasteiger partial charge in [0.05, 0.1) is 0 Å². The average Bonchev–Trinajstić information content (AvgIpc) is 3.10. The van der Waals surface area contributed by atoms with E-state index >= 15 is 0 Å². The van der Waals surface area contributed by atoms with Crippen LogP contribution >= 0.6 is 23.2 Å². The minimum atomic E-state index is -0.282. The van der Waals surface area contributed by atoms with Crippen molar-refractivity contribution in [2.75, 3.05) is 10.6 Å². The molecular weight excluding hydrogens is 409 g/mol. The van der Waals surface area contributed by atoms with Crippen molar-refractivity contribution >= 4 is 46.7 Å². The Labute approximate surface area is 178 Å². The van der Waals surface area contributed by atoms with E-state index in [9.17, 15) is 4.79 Å². The number of rotatable bonds is 5. The number of halogens is 2. The molecule has 2 heterocycles. The first-order valence-corrected chi connectivity index (χ1v) is 10.1. The topological polar surface area (TPSA) is 71.8 Å². The lowest BCUT2D eigenvalue weighted by Gasteiger charge is -2.24. The highest BCUT2D eigenvalue weighted by molar-refractivity contribution is 6.31. The Kier molecular flexibility index (Phi) is 5.56. The molecule has 1 aliphatic heterocycles. The highest BCUT2D eigenvalue weighted by Gasteiger charge is 2.27. The first-order valence-electron chi connectivity index (χ1n) is 9.30. The molecule has 1 aliphatic rings. The molecule has 0 spiro atoms. The summed E-state index contributed by atoms with van der Waals surface area (Å²) in [4.78, 5) is 16.5. The van der Waals surface area contributed by atoms with Gasteiger partial charge in [0.2, 0.25) is 11.9 Å². The number of hydrogen-bond acceptors (Lipinski definition) is 4. The van der Waals surface area contributed by atoms with E-state index in [1.54, 1.807) is 4.68 Å². The van der Waals surface area contributed by atoms with Gasteiger partial charge >= 0.3 is 0 Å². The Morgan fingerprint density at radius 3 is 2.66 bits per heavy atom. The Morgan fingerprint density at radius 1 is 1.17 bits per heavy atom. The summed E-state index contributed by atoms with van der Waals surface area (Å²) in [6.45, 7) is 1.95. The van der Waals surface area contributed by atoms with Crippen molar-refractivity contribution in [3.05, 3.63) is 75.8 Å². The smallest absolute Gasteiger partial charge is 0.250 e. The molecule has 1 aromatic heterocycles. The molecule has 29 heavy (non-hydrogen) atoms. The van der Waals surface area contributed by atoms with Gasteiger partial charge < -0.3 is 5.32 Å². The Balaban J connectivity index is 1.76. The summed E-state index contributed by atoms with van der Waals surface area (Å²) in [6, 6.07) is 14.9. The van der Waals surface area contributed by atoms with E-state index in [1.165, 1.54) is 0 Å². The van der Waals surface area contributed by atoms with Crippen LogP contribution in [0.5, 0.6) is 0 Å². The third-order valence-corrected chi connectivity index (χ3v) is 5.17. The summed E-state index contributed by atoms with van der Waals surface area (Å²) >= 11 is 12.5. The largest absolute Gasteiger partial charge is 0.324 e. The molecule has 8 heteroatoms. The van der Waals surface area contributed by atoms with Crippen molar-refractivity contribution in [1.29, 1.82) is 0 Å². The van der Waals surface area contributed by atoms with Gasteiger partial charge in [-0.1, -0.05) is 60.5 Å². The summed E-state index contributed by atoms with van der Waals surface area (Å²) < 4.78 is 1.72. The maximum atomic E-state index is 12.0. The second-order valence-electron chi connectivity index (χ2n) is 6.68. The number of benzene rings is 2. The molecule has 0 bridgehead atoms. The van der Waals surface area contributed by atoms with Crippen LogP contribution < -0.4 is 10.6 Å². The normalized spacial score (nSPS) is 15.3. The number of allylic oxidation sites excluding steroid dienone is 1. The third kappa shape index (κ3) is 4.13. The van der Waals surface area contributed by atoms with Crippen LogP contribution in [0.3, 0.4) is 0 Å². The second-order valence-corrected chi connectivity index (χ2v) is 7.52. The highest BCUT2D eigenvalue weighted by atomic mass is 35.5. The van der Waals surface area contributed by atoms with Gasteiger partial charge in [-0.25, -0.2) is 4.68 Å². The lowest BCUT2D eigenvalue weighted by molar-refractivity contribution is -0.116. The minimum absolute atomic E-state index is 0.115. The molecule has 4 rings (SSSR count). The Morgan fingerprint density at radius 2 is 1.93 bits per heavy atom. The predicted octanol–water partition coefficient (Wildman–Crippen LogP) is 5.38. The summed E-state index contributed by atoms with van der Waals surface area (Å²) in [5, 5.41) is 11.8. The molecule has 0 unspecified atom stereocenters. The van der Waals surface area contributed by atoms with Crippen molar-refractivity contribution in [2.24, 2.45) is 0 Å². The molecular formula is C21H19Cl2N5O. The maximum absolute atomic E-state index is 12.0. The number of nitrogens with zero attached hydrogens (tertiary/aromatic N) is 3.